The van der Waals surface area contributed by atoms with Crippen molar-refractivity contribution in [3.05, 3.63) is 22.3 Å². The Hall–Kier alpha value is -1.03. The highest BCUT2D eigenvalue weighted by Crippen LogP contribution is 2.22. The van der Waals surface area contributed by atoms with E-state index in [1.54, 1.807) is 16.0 Å². The van der Waals surface area contributed by atoms with Gasteiger partial charge < -0.3 is 0 Å². The van der Waals surface area contributed by atoms with E-state index < -0.39 is 9.84 Å². The van der Waals surface area contributed by atoms with E-state index in [1.165, 1.54) is 0 Å². The molecule has 1 aliphatic heterocycles. The highest BCUT2D eigenvalue weighted by molar-refractivity contribution is 7.91. The molecule has 0 spiro atoms. The number of rotatable bonds is 5. The maximum absolute atomic E-state index is 11.7. The molecule has 1 fully saturated rings. The number of nitrogens with zero attached hydrogens (tertiary/aromatic N) is 3. The van der Waals surface area contributed by atoms with E-state index in [2.05, 4.69) is 15.0 Å². The number of thiophene rings is 1. The molecule has 0 amide bonds. The lowest BCUT2D eigenvalue weighted by Gasteiger charge is -2.26. The topological polar surface area (TPSA) is 71.0 Å². The highest BCUT2D eigenvalue weighted by atomic mass is 32.2. The Morgan fingerprint density at radius 3 is 3.00 bits per heavy atom. The van der Waals surface area contributed by atoms with Gasteiger partial charge in [-0.05, 0) is 36.6 Å². The molecule has 6 nitrogen and oxygen atoms in total. The summed E-state index contributed by atoms with van der Waals surface area (Å²) in [5, 5.41) is 5.21. The summed E-state index contributed by atoms with van der Waals surface area (Å²) in [6.45, 7) is 3.34. The zero-order valence-electron chi connectivity index (χ0n) is 12.2. The highest BCUT2D eigenvalue weighted by Gasteiger charge is 2.31. The van der Waals surface area contributed by atoms with Gasteiger partial charge >= 0.3 is 0 Å². The smallest absolute Gasteiger partial charge is 0.217 e. The van der Waals surface area contributed by atoms with Crippen LogP contribution in [0, 0.1) is 4.77 Å². The van der Waals surface area contributed by atoms with E-state index in [4.69, 9.17) is 12.2 Å². The van der Waals surface area contributed by atoms with E-state index in [9.17, 15) is 8.42 Å². The fourth-order valence-corrected chi connectivity index (χ4v) is 5.31. The summed E-state index contributed by atoms with van der Waals surface area (Å²) < 4.78 is 25.6. The molecule has 0 radical (unpaired) electrons. The van der Waals surface area contributed by atoms with Crippen molar-refractivity contribution in [3.8, 4) is 10.7 Å². The largest absolute Gasteiger partial charge is 0.281 e. The number of hydrogen-bond acceptors (Lipinski definition) is 6. The third-order valence-electron chi connectivity index (χ3n) is 3.89. The van der Waals surface area contributed by atoms with Crippen LogP contribution in [0.4, 0.5) is 0 Å². The minimum atomic E-state index is -2.88. The molecule has 2 aromatic heterocycles. The van der Waals surface area contributed by atoms with Crippen LogP contribution in [-0.2, 0) is 16.5 Å². The Morgan fingerprint density at radius 2 is 2.41 bits per heavy atom. The molecule has 0 aliphatic carbocycles. The van der Waals surface area contributed by atoms with Crippen molar-refractivity contribution < 1.29 is 8.42 Å². The van der Waals surface area contributed by atoms with Gasteiger partial charge in [0.15, 0.2) is 15.7 Å². The SMILES string of the molecule is CCN(Cn1[nH]c(-c2cccs2)nc1=S)[C@@H]1CCS(=O)(=O)C1. The lowest BCUT2D eigenvalue weighted by Crippen LogP contribution is -2.37. The monoisotopic (exact) mass is 358 g/mol. The Bertz CT molecular complexity index is 792. The summed E-state index contributed by atoms with van der Waals surface area (Å²) in [6.07, 6.45) is 0.690. The maximum Gasteiger partial charge on any atom is 0.217 e. The molecule has 1 N–H and O–H groups in total. The van der Waals surface area contributed by atoms with Crippen LogP contribution in [0.15, 0.2) is 17.5 Å². The third-order valence-corrected chi connectivity index (χ3v) is 6.83. The molecule has 3 heterocycles. The van der Waals surface area contributed by atoms with Gasteiger partial charge in [0.25, 0.3) is 0 Å². The van der Waals surface area contributed by atoms with E-state index in [1.807, 2.05) is 24.4 Å². The van der Waals surface area contributed by atoms with Crippen molar-refractivity contribution in [2.45, 2.75) is 26.1 Å². The van der Waals surface area contributed by atoms with E-state index in [0.717, 1.165) is 17.2 Å². The minimum Gasteiger partial charge on any atom is -0.281 e. The predicted octanol–water partition coefficient (Wildman–Crippen LogP) is 2.14. The number of H-pyrrole nitrogens is 1. The Labute approximate surface area is 138 Å². The number of aromatic nitrogens is 3. The number of nitrogens with one attached hydrogen (secondary N) is 1. The number of sulfone groups is 1. The van der Waals surface area contributed by atoms with E-state index in [0.29, 0.717) is 17.9 Å². The van der Waals surface area contributed by atoms with Crippen molar-refractivity contribution in [3.63, 3.8) is 0 Å². The van der Waals surface area contributed by atoms with Gasteiger partial charge in [-0.15, -0.1) is 11.3 Å². The third kappa shape index (κ3) is 3.32. The van der Waals surface area contributed by atoms with Gasteiger partial charge in [0.05, 0.1) is 23.1 Å². The Kier molecular flexibility index (Phi) is 4.49. The molecule has 2 aromatic rings. The molecule has 0 bridgehead atoms. The lowest BCUT2D eigenvalue weighted by atomic mass is 10.2. The summed E-state index contributed by atoms with van der Waals surface area (Å²) in [4.78, 5) is 7.56. The quantitative estimate of drug-likeness (QED) is 0.829. The van der Waals surface area contributed by atoms with Crippen molar-refractivity contribution in [1.29, 1.82) is 0 Å². The summed E-state index contributed by atoms with van der Waals surface area (Å²) in [6, 6.07) is 4.02. The van der Waals surface area contributed by atoms with E-state index >= 15 is 0 Å². The molecule has 1 saturated heterocycles. The number of hydrogen-bond donors (Lipinski definition) is 1. The van der Waals surface area contributed by atoms with Crippen LogP contribution in [0.5, 0.6) is 0 Å². The van der Waals surface area contributed by atoms with Crippen molar-refractivity contribution in [1.82, 2.24) is 19.7 Å². The Balaban J connectivity index is 1.78. The molecule has 22 heavy (non-hydrogen) atoms. The number of aromatic amines is 1. The molecule has 0 saturated carbocycles. The van der Waals surface area contributed by atoms with Gasteiger partial charge in [0.2, 0.25) is 4.77 Å². The second-order valence-corrected chi connectivity index (χ2v) is 8.90. The normalized spacial score (nSPS) is 20.7. The van der Waals surface area contributed by atoms with Crippen LogP contribution in [-0.4, -0.2) is 52.2 Å². The zero-order valence-corrected chi connectivity index (χ0v) is 14.7. The van der Waals surface area contributed by atoms with Gasteiger partial charge in [-0.1, -0.05) is 13.0 Å². The van der Waals surface area contributed by atoms with Crippen LogP contribution < -0.4 is 0 Å². The molecule has 3 rings (SSSR count). The van der Waals surface area contributed by atoms with Crippen LogP contribution in [0.2, 0.25) is 0 Å². The van der Waals surface area contributed by atoms with Gasteiger partial charge in [-0.2, -0.15) is 4.98 Å². The Morgan fingerprint density at radius 1 is 1.59 bits per heavy atom. The molecule has 0 aromatic carbocycles. The molecule has 1 atom stereocenters. The molecular formula is C13H18N4O2S3. The van der Waals surface area contributed by atoms with Gasteiger partial charge in [0.1, 0.15) is 0 Å². The van der Waals surface area contributed by atoms with Crippen molar-refractivity contribution >= 4 is 33.4 Å². The minimum absolute atomic E-state index is 0.0605. The van der Waals surface area contributed by atoms with Crippen molar-refractivity contribution in [2.24, 2.45) is 0 Å². The van der Waals surface area contributed by atoms with Crippen LogP contribution >= 0.6 is 23.6 Å². The van der Waals surface area contributed by atoms with Gasteiger partial charge in [-0.3, -0.25) is 10.00 Å². The molecule has 9 heteroatoms. The van der Waals surface area contributed by atoms with Crippen LogP contribution in [0.1, 0.15) is 13.3 Å². The molecule has 120 valence electrons. The fraction of sp³-hybridized carbons (Fsp3) is 0.538. The maximum atomic E-state index is 11.7. The van der Waals surface area contributed by atoms with Gasteiger partial charge in [0, 0.05) is 6.04 Å². The second kappa shape index (κ2) is 6.23. The summed E-state index contributed by atoms with van der Waals surface area (Å²) >= 11 is 6.91. The summed E-state index contributed by atoms with van der Waals surface area (Å²) in [5.41, 5.74) is 0. The summed E-state index contributed by atoms with van der Waals surface area (Å²) in [5.74, 6) is 1.28. The summed E-state index contributed by atoms with van der Waals surface area (Å²) in [7, 11) is -2.88. The first-order valence-electron chi connectivity index (χ1n) is 7.13. The first-order chi connectivity index (χ1) is 10.5. The van der Waals surface area contributed by atoms with Crippen LogP contribution in [0.25, 0.3) is 10.7 Å². The molecular weight excluding hydrogens is 340 g/mol. The van der Waals surface area contributed by atoms with E-state index in [-0.39, 0.29) is 17.5 Å². The zero-order chi connectivity index (χ0) is 15.7. The standard InChI is InChI=1S/C13H18N4O2S3/c1-2-16(10-5-7-22(18,19)8-10)9-17-13(20)14-12(15-17)11-4-3-6-21-11/h3-4,6,10H,2,5,7-9H2,1H3,(H,14,15,20)/t10-/m1/s1. The molecule has 1 aliphatic rings. The average Bonchev–Trinajstić information content (AvgIpc) is 3.17. The average molecular weight is 359 g/mol. The first kappa shape index (κ1) is 15.9. The first-order valence-corrected chi connectivity index (χ1v) is 10.2. The second-order valence-electron chi connectivity index (χ2n) is 5.36. The molecule has 0 unspecified atom stereocenters. The fourth-order valence-electron chi connectivity index (χ4n) is 2.69. The predicted molar refractivity (Wildman–Crippen MR) is 90.2 cm³/mol. The lowest BCUT2D eigenvalue weighted by molar-refractivity contribution is 0.164. The van der Waals surface area contributed by atoms with Gasteiger partial charge in [-0.25, -0.2) is 13.1 Å². The van der Waals surface area contributed by atoms with Crippen molar-refractivity contribution in [2.75, 3.05) is 18.1 Å². The van der Waals surface area contributed by atoms with Crippen LogP contribution in [0.3, 0.4) is 0 Å².